The van der Waals surface area contributed by atoms with E-state index >= 15 is 0 Å². The molecule has 0 radical (unpaired) electrons. The van der Waals surface area contributed by atoms with Crippen LogP contribution in [0.15, 0.2) is 0 Å². The van der Waals surface area contributed by atoms with Crippen LogP contribution in [0, 0.1) is 0 Å². The Morgan fingerprint density at radius 1 is 1.17 bits per heavy atom. The Morgan fingerprint density at radius 2 is 1.70 bits per heavy atom. The van der Waals surface area contributed by atoms with Gasteiger partial charge in [-0.05, 0) is 20.8 Å². The normalized spacial score (nSPS) is 21.8. The number of alkyl halides is 3. The summed E-state index contributed by atoms with van der Waals surface area (Å²) >= 11 is 0. The number of halogens is 3. The SMILES string of the molecule is COC(=O)[C@H]1[C@H](COS(=O)(=O)C(F)(F)F)N1C(=O)OC(C)(C)C. The molecule has 1 saturated heterocycles. The summed E-state index contributed by atoms with van der Waals surface area (Å²) in [7, 11) is -4.81. The van der Waals surface area contributed by atoms with Gasteiger partial charge in [-0.1, -0.05) is 0 Å². The van der Waals surface area contributed by atoms with Gasteiger partial charge in [-0.3, -0.25) is 9.08 Å². The second-order valence-corrected chi connectivity index (χ2v) is 7.21. The molecule has 0 aromatic carbocycles. The molecule has 0 saturated carbocycles. The predicted octanol–water partition coefficient (Wildman–Crippen LogP) is 1.01. The Balaban J connectivity index is 2.80. The highest BCUT2D eigenvalue weighted by molar-refractivity contribution is 7.87. The van der Waals surface area contributed by atoms with Crippen LogP contribution in [0.4, 0.5) is 18.0 Å². The summed E-state index contributed by atoms with van der Waals surface area (Å²) < 4.78 is 71.5. The number of ether oxygens (including phenoxy) is 2. The van der Waals surface area contributed by atoms with E-state index in [0.717, 1.165) is 12.0 Å². The van der Waals surface area contributed by atoms with Crippen LogP contribution in [-0.2, 0) is 28.6 Å². The first-order valence-corrected chi connectivity index (χ1v) is 7.67. The van der Waals surface area contributed by atoms with Crippen LogP contribution >= 0.6 is 0 Å². The lowest BCUT2D eigenvalue weighted by Gasteiger charge is -2.20. The highest BCUT2D eigenvalue weighted by Gasteiger charge is 2.59. The summed E-state index contributed by atoms with van der Waals surface area (Å²) in [5.41, 5.74) is -6.51. The molecule has 0 N–H and O–H groups in total. The van der Waals surface area contributed by atoms with E-state index in [1.807, 2.05) is 0 Å². The van der Waals surface area contributed by atoms with E-state index < -0.39 is 52.0 Å². The second-order valence-electron chi connectivity index (χ2n) is 5.61. The van der Waals surface area contributed by atoms with Crippen LogP contribution in [0.3, 0.4) is 0 Å². The quantitative estimate of drug-likeness (QED) is 0.318. The fraction of sp³-hybridized carbons (Fsp3) is 0.818. The van der Waals surface area contributed by atoms with Gasteiger partial charge in [0.1, 0.15) is 5.60 Å². The highest BCUT2D eigenvalue weighted by atomic mass is 32.2. The lowest BCUT2D eigenvalue weighted by molar-refractivity contribution is -0.141. The maximum atomic E-state index is 12.2. The summed E-state index contributed by atoms with van der Waals surface area (Å²) in [6, 6.07) is -2.49. The van der Waals surface area contributed by atoms with E-state index in [1.54, 1.807) is 20.8 Å². The number of hydrogen-bond donors (Lipinski definition) is 0. The first-order valence-electron chi connectivity index (χ1n) is 6.26. The molecule has 12 heteroatoms. The van der Waals surface area contributed by atoms with Crippen molar-refractivity contribution in [3.8, 4) is 0 Å². The third-order valence-corrected chi connectivity index (χ3v) is 3.67. The molecule has 1 fully saturated rings. The predicted molar refractivity (Wildman–Crippen MR) is 68.6 cm³/mol. The van der Waals surface area contributed by atoms with Crippen LogP contribution in [0.5, 0.6) is 0 Å². The van der Waals surface area contributed by atoms with Gasteiger partial charge in [-0.25, -0.2) is 9.59 Å². The van der Waals surface area contributed by atoms with Gasteiger partial charge >= 0.3 is 27.7 Å². The lowest BCUT2D eigenvalue weighted by atomic mass is 10.2. The number of carbonyl (C=O) groups is 2. The number of nitrogens with zero attached hydrogens (tertiary/aromatic N) is 1. The van der Waals surface area contributed by atoms with Crippen LogP contribution in [0.25, 0.3) is 0 Å². The number of hydrogen-bond acceptors (Lipinski definition) is 7. The van der Waals surface area contributed by atoms with Crippen LogP contribution < -0.4 is 0 Å². The van der Waals surface area contributed by atoms with Crippen LogP contribution in [0.1, 0.15) is 20.8 Å². The zero-order valence-electron chi connectivity index (χ0n) is 12.7. The topological polar surface area (TPSA) is 99.0 Å². The molecule has 0 unspecified atom stereocenters. The van der Waals surface area contributed by atoms with E-state index in [-0.39, 0.29) is 0 Å². The minimum absolute atomic E-state index is 0.753. The Kier molecular flexibility index (Phi) is 5.21. The average molecular weight is 363 g/mol. The molecule has 2 atom stereocenters. The Labute approximate surface area is 130 Å². The molecular formula is C11H16F3NO7S. The molecular weight excluding hydrogens is 347 g/mol. The molecule has 1 aliphatic heterocycles. The number of rotatable bonds is 4. The number of carbonyl (C=O) groups excluding carboxylic acids is 2. The van der Waals surface area contributed by atoms with E-state index in [0.29, 0.717) is 0 Å². The van der Waals surface area contributed by atoms with Crippen molar-refractivity contribution >= 4 is 22.2 Å². The van der Waals surface area contributed by atoms with Crippen LogP contribution in [-0.4, -0.2) is 62.3 Å². The van der Waals surface area contributed by atoms with Crippen molar-refractivity contribution in [3.63, 3.8) is 0 Å². The third-order valence-electron chi connectivity index (χ3n) is 2.66. The van der Waals surface area contributed by atoms with E-state index in [9.17, 15) is 31.2 Å². The van der Waals surface area contributed by atoms with Gasteiger partial charge in [0.2, 0.25) is 0 Å². The molecule has 1 heterocycles. The third kappa shape index (κ3) is 4.70. The van der Waals surface area contributed by atoms with Crippen molar-refractivity contribution in [2.45, 2.75) is 44.0 Å². The fourth-order valence-electron chi connectivity index (χ4n) is 1.63. The molecule has 23 heavy (non-hydrogen) atoms. The molecule has 1 amide bonds. The summed E-state index contributed by atoms with van der Waals surface area (Å²) in [6.07, 6.45) is -0.995. The highest BCUT2D eigenvalue weighted by Crippen LogP contribution is 2.34. The van der Waals surface area contributed by atoms with Gasteiger partial charge in [0.25, 0.3) is 0 Å². The monoisotopic (exact) mass is 363 g/mol. The van der Waals surface area contributed by atoms with E-state index in [1.165, 1.54) is 0 Å². The van der Waals surface area contributed by atoms with Gasteiger partial charge in [0.15, 0.2) is 6.04 Å². The van der Waals surface area contributed by atoms with Crippen molar-refractivity contribution in [1.29, 1.82) is 0 Å². The summed E-state index contributed by atoms with van der Waals surface area (Å²) in [5, 5.41) is 0. The first-order chi connectivity index (χ1) is 10.2. The molecule has 8 nitrogen and oxygen atoms in total. The molecule has 0 aliphatic carbocycles. The van der Waals surface area contributed by atoms with Gasteiger partial charge in [-0.15, -0.1) is 0 Å². The zero-order valence-corrected chi connectivity index (χ0v) is 13.5. The molecule has 1 rings (SSSR count). The smallest absolute Gasteiger partial charge is 0.467 e. The van der Waals surface area contributed by atoms with Crippen LogP contribution in [0.2, 0.25) is 0 Å². The van der Waals surface area contributed by atoms with E-state index in [2.05, 4.69) is 8.92 Å². The molecule has 0 bridgehead atoms. The van der Waals surface area contributed by atoms with Crippen molar-refractivity contribution in [1.82, 2.24) is 4.90 Å². The number of amides is 1. The first kappa shape index (κ1) is 19.5. The molecule has 1 aliphatic rings. The summed E-state index contributed by atoms with van der Waals surface area (Å²) in [6.45, 7) is 3.59. The maximum Gasteiger partial charge on any atom is 0.523 e. The largest absolute Gasteiger partial charge is 0.523 e. The minimum atomic E-state index is -5.82. The molecule has 0 spiro atoms. The van der Waals surface area contributed by atoms with Gasteiger partial charge in [0.05, 0.1) is 19.8 Å². The van der Waals surface area contributed by atoms with E-state index in [4.69, 9.17) is 4.74 Å². The summed E-state index contributed by atoms with van der Waals surface area (Å²) in [4.78, 5) is 24.1. The van der Waals surface area contributed by atoms with Crippen molar-refractivity contribution in [2.75, 3.05) is 13.7 Å². The second kappa shape index (κ2) is 6.15. The Morgan fingerprint density at radius 3 is 2.09 bits per heavy atom. The Hall–Kier alpha value is -1.56. The molecule has 0 aromatic heterocycles. The van der Waals surface area contributed by atoms with Crippen molar-refractivity contribution in [3.05, 3.63) is 0 Å². The number of esters is 1. The summed E-state index contributed by atoms with van der Waals surface area (Å²) in [5.74, 6) is -0.922. The van der Waals surface area contributed by atoms with Gasteiger partial charge in [0, 0.05) is 0 Å². The fourth-order valence-corrected chi connectivity index (χ4v) is 2.08. The maximum absolute atomic E-state index is 12.2. The Bertz CT molecular complexity index is 581. The standard InChI is InChI=1S/C11H16F3NO7S/c1-10(2,3)22-9(17)15-6(7(15)8(16)20-4)5-21-23(18,19)11(12,13)14/h6-7H,5H2,1-4H3/t6-,7+,15?/m0/s1. The molecule has 0 aromatic rings. The lowest BCUT2D eigenvalue weighted by Crippen LogP contribution is -2.30. The number of methoxy groups -OCH3 is 1. The van der Waals surface area contributed by atoms with Gasteiger partial charge < -0.3 is 9.47 Å². The molecule has 134 valence electrons. The zero-order chi connectivity index (χ0) is 18.2. The van der Waals surface area contributed by atoms with Gasteiger partial charge in [-0.2, -0.15) is 21.6 Å². The van der Waals surface area contributed by atoms with Crippen molar-refractivity contribution < 1.29 is 44.8 Å². The minimum Gasteiger partial charge on any atom is -0.467 e. The van der Waals surface area contributed by atoms with Crippen molar-refractivity contribution in [2.24, 2.45) is 0 Å². The average Bonchev–Trinajstić information content (AvgIpc) is 3.06.